The Morgan fingerprint density at radius 3 is 2.54 bits per heavy atom. The molecule has 0 aliphatic heterocycles. The van der Waals surface area contributed by atoms with Gasteiger partial charge in [0.05, 0.1) is 17.3 Å². The van der Waals surface area contributed by atoms with Crippen molar-refractivity contribution in [1.29, 1.82) is 0 Å². The molecule has 6 nitrogen and oxygen atoms in total. The second-order valence-electron chi connectivity index (χ2n) is 5.38. The van der Waals surface area contributed by atoms with E-state index in [1.54, 1.807) is 25.1 Å². The Balaban J connectivity index is 2.53. The van der Waals surface area contributed by atoms with Crippen LogP contribution in [0.15, 0.2) is 41.4 Å². The quantitative estimate of drug-likeness (QED) is 0.894. The summed E-state index contributed by atoms with van der Waals surface area (Å²) in [6.07, 6.45) is 1.53. The van der Waals surface area contributed by atoms with Crippen molar-refractivity contribution in [2.45, 2.75) is 24.8 Å². The Bertz CT molecular complexity index is 869. The van der Waals surface area contributed by atoms with Crippen LogP contribution in [0.5, 0.6) is 0 Å². The van der Waals surface area contributed by atoms with Gasteiger partial charge in [-0.1, -0.05) is 6.07 Å². The molecule has 0 fully saturated rings. The molecule has 0 spiro atoms. The number of benzene rings is 1. The molecule has 1 aromatic heterocycles. The molecule has 0 bridgehead atoms. The maximum Gasteiger partial charge on any atom is 0.338 e. The zero-order valence-electron chi connectivity index (χ0n) is 13.4. The first-order valence-electron chi connectivity index (χ1n) is 7.08. The highest BCUT2D eigenvalue weighted by atomic mass is 32.2. The van der Waals surface area contributed by atoms with Gasteiger partial charge in [-0.3, -0.25) is 4.98 Å². The van der Waals surface area contributed by atoms with Crippen LogP contribution in [-0.2, 0) is 10.0 Å². The zero-order valence-corrected chi connectivity index (χ0v) is 14.2. The fourth-order valence-corrected chi connectivity index (χ4v) is 3.76. The third kappa shape index (κ3) is 3.29. The van der Waals surface area contributed by atoms with Gasteiger partial charge in [-0.2, -0.15) is 4.31 Å². The number of rotatable bonds is 5. The largest absolute Gasteiger partial charge is 0.478 e. The van der Waals surface area contributed by atoms with E-state index in [9.17, 15) is 17.6 Å². The van der Waals surface area contributed by atoms with Crippen LogP contribution in [0.25, 0.3) is 0 Å². The van der Waals surface area contributed by atoms with Gasteiger partial charge < -0.3 is 5.11 Å². The van der Waals surface area contributed by atoms with E-state index in [2.05, 4.69) is 4.98 Å². The van der Waals surface area contributed by atoms with E-state index >= 15 is 0 Å². The van der Waals surface area contributed by atoms with Crippen molar-refractivity contribution in [2.24, 2.45) is 0 Å². The molecule has 1 heterocycles. The number of aromatic carboxylic acids is 1. The smallest absolute Gasteiger partial charge is 0.338 e. The molecule has 0 saturated carbocycles. The molecule has 0 saturated heterocycles. The first-order chi connectivity index (χ1) is 11.2. The first-order valence-corrected chi connectivity index (χ1v) is 8.52. The fraction of sp³-hybridized carbons (Fsp3) is 0.250. The van der Waals surface area contributed by atoms with E-state index in [1.807, 2.05) is 0 Å². The Morgan fingerprint density at radius 1 is 1.33 bits per heavy atom. The Labute approximate surface area is 139 Å². The molecule has 1 aromatic carbocycles. The summed E-state index contributed by atoms with van der Waals surface area (Å²) in [7, 11) is -2.94. The van der Waals surface area contributed by atoms with E-state index in [1.165, 1.54) is 20.2 Å². The molecular formula is C16H17FN2O4S. The predicted molar refractivity (Wildman–Crippen MR) is 85.7 cm³/mol. The molecular weight excluding hydrogens is 335 g/mol. The van der Waals surface area contributed by atoms with Crippen LogP contribution in [0.2, 0.25) is 0 Å². The number of pyridine rings is 1. The van der Waals surface area contributed by atoms with Gasteiger partial charge in [0.2, 0.25) is 10.0 Å². The maximum absolute atomic E-state index is 14.4. The molecule has 0 aliphatic carbocycles. The van der Waals surface area contributed by atoms with Crippen molar-refractivity contribution in [2.75, 3.05) is 7.05 Å². The number of aromatic nitrogens is 1. The highest BCUT2D eigenvalue weighted by Gasteiger charge is 2.31. The molecule has 0 amide bonds. The highest BCUT2D eigenvalue weighted by molar-refractivity contribution is 7.89. The van der Waals surface area contributed by atoms with Crippen molar-refractivity contribution < 1.29 is 22.7 Å². The number of aryl methyl sites for hydroxylation is 1. The van der Waals surface area contributed by atoms with Crippen LogP contribution in [0, 0.1) is 12.7 Å². The second kappa shape index (κ2) is 6.66. The predicted octanol–water partition coefficient (Wildman–Crippen LogP) is 2.61. The number of carbonyl (C=O) groups is 1. The minimum Gasteiger partial charge on any atom is -0.478 e. The van der Waals surface area contributed by atoms with Gasteiger partial charge in [-0.05, 0) is 43.7 Å². The number of carboxylic acid groups (broad SMARTS) is 1. The number of halogens is 1. The summed E-state index contributed by atoms with van der Waals surface area (Å²) in [6, 6.07) is 6.65. The van der Waals surface area contributed by atoms with Crippen LogP contribution in [-0.4, -0.2) is 35.8 Å². The first kappa shape index (κ1) is 18.0. The molecule has 0 radical (unpaired) electrons. The molecule has 1 unspecified atom stereocenters. The van der Waals surface area contributed by atoms with Gasteiger partial charge in [0.15, 0.2) is 5.82 Å². The SMILES string of the molecule is Cc1cc(C(=O)O)c(F)c(S(=O)(=O)N(C)C(C)c2ccccn2)c1. The fourth-order valence-electron chi connectivity index (χ4n) is 2.25. The van der Waals surface area contributed by atoms with Crippen molar-refractivity contribution >= 4 is 16.0 Å². The molecule has 1 atom stereocenters. The van der Waals surface area contributed by atoms with Gasteiger partial charge in [-0.15, -0.1) is 0 Å². The van der Waals surface area contributed by atoms with Crippen molar-refractivity contribution in [3.8, 4) is 0 Å². The van der Waals surface area contributed by atoms with Gasteiger partial charge in [0, 0.05) is 13.2 Å². The van der Waals surface area contributed by atoms with E-state index in [-0.39, 0.29) is 0 Å². The maximum atomic E-state index is 14.4. The zero-order chi connectivity index (χ0) is 18.1. The standard InChI is InChI=1S/C16H17FN2O4S/c1-10-8-12(16(20)21)15(17)14(9-10)24(22,23)19(3)11(2)13-6-4-5-7-18-13/h4-9,11H,1-3H3,(H,20,21). The van der Waals surface area contributed by atoms with E-state index in [0.717, 1.165) is 16.4 Å². The summed E-state index contributed by atoms with van der Waals surface area (Å²) >= 11 is 0. The number of carboxylic acids is 1. The normalized spacial score (nSPS) is 13.0. The van der Waals surface area contributed by atoms with Crippen molar-refractivity contribution in [3.05, 3.63) is 59.2 Å². The third-order valence-electron chi connectivity index (χ3n) is 3.73. The summed E-state index contributed by atoms with van der Waals surface area (Å²) in [6.45, 7) is 3.12. The lowest BCUT2D eigenvalue weighted by Crippen LogP contribution is -2.31. The average Bonchev–Trinajstić information content (AvgIpc) is 2.55. The number of hydrogen-bond acceptors (Lipinski definition) is 4. The average molecular weight is 352 g/mol. The van der Waals surface area contributed by atoms with Crippen LogP contribution in [0.4, 0.5) is 4.39 Å². The monoisotopic (exact) mass is 352 g/mol. The summed E-state index contributed by atoms with van der Waals surface area (Å²) in [5, 5.41) is 9.05. The lowest BCUT2D eigenvalue weighted by Gasteiger charge is -2.24. The molecule has 2 aromatic rings. The Kier molecular flexibility index (Phi) is 5.00. The highest BCUT2D eigenvalue weighted by Crippen LogP contribution is 2.28. The molecule has 128 valence electrons. The summed E-state index contributed by atoms with van der Waals surface area (Å²) < 4.78 is 40.9. The summed E-state index contributed by atoms with van der Waals surface area (Å²) in [4.78, 5) is 14.6. The Morgan fingerprint density at radius 2 is 2.00 bits per heavy atom. The lowest BCUT2D eigenvalue weighted by atomic mass is 10.1. The lowest BCUT2D eigenvalue weighted by molar-refractivity contribution is 0.0691. The van der Waals surface area contributed by atoms with Gasteiger partial charge >= 0.3 is 5.97 Å². The van der Waals surface area contributed by atoms with Crippen LogP contribution >= 0.6 is 0 Å². The minimum atomic E-state index is -4.24. The van der Waals surface area contributed by atoms with Gasteiger partial charge in [0.1, 0.15) is 4.90 Å². The molecule has 0 aliphatic rings. The molecule has 2 rings (SSSR count). The number of nitrogens with zero attached hydrogens (tertiary/aromatic N) is 2. The summed E-state index contributed by atoms with van der Waals surface area (Å²) in [5.74, 6) is -2.79. The van der Waals surface area contributed by atoms with E-state index < -0.39 is 38.3 Å². The van der Waals surface area contributed by atoms with Gasteiger partial charge in [-0.25, -0.2) is 17.6 Å². The molecule has 24 heavy (non-hydrogen) atoms. The topological polar surface area (TPSA) is 87.6 Å². The van der Waals surface area contributed by atoms with E-state index in [0.29, 0.717) is 11.3 Å². The van der Waals surface area contributed by atoms with Crippen LogP contribution in [0.1, 0.15) is 34.6 Å². The van der Waals surface area contributed by atoms with E-state index in [4.69, 9.17) is 5.11 Å². The van der Waals surface area contributed by atoms with Crippen molar-refractivity contribution in [1.82, 2.24) is 9.29 Å². The number of sulfonamides is 1. The molecule has 8 heteroatoms. The Hall–Kier alpha value is -2.32. The molecule has 1 N–H and O–H groups in total. The summed E-state index contributed by atoms with van der Waals surface area (Å²) in [5.41, 5.74) is 0.161. The van der Waals surface area contributed by atoms with Gasteiger partial charge in [0.25, 0.3) is 0 Å². The van der Waals surface area contributed by atoms with Crippen LogP contribution < -0.4 is 0 Å². The second-order valence-corrected chi connectivity index (χ2v) is 7.35. The third-order valence-corrected chi connectivity index (χ3v) is 5.66. The van der Waals surface area contributed by atoms with Crippen LogP contribution in [0.3, 0.4) is 0 Å². The number of hydrogen-bond donors (Lipinski definition) is 1. The van der Waals surface area contributed by atoms with Crippen molar-refractivity contribution in [3.63, 3.8) is 0 Å². The minimum absolute atomic E-state index is 0.339.